The van der Waals surface area contributed by atoms with Crippen LogP contribution in [0.2, 0.25) is 0 Å². The zero-order chi connectivity index (χ0) is 22.7. The van der Waals surface area contributed by atoms with E-state index < -0.39 is 6.36 Å². The van der Waals surface area contributed by atoms with Gasteiger partial charge in [-0.1, -0.05) is 19.1 Å². The molecule has 0 saturated carbocycles. The summed E-state index contributed by atoms with van der Waals surface area (Å²) in [7, 11) is 0. The van der Waals surface area contributed by atoms with E-state index in [1.165, 1.54) is 18.2 Å². The van der Waals surface area contributed by atoms with Crippen molar-refractivity contribution in [1.82, 2.24) is 14.5 Å². The molecule has 1 aliphatic rings. The highest BCUT2D eigenvalue weighted by molar-refractivity contribution is 5.49. The SMILES string of the molecule is CCCN1COCc2c1nc(Oc1cccc(OC(F)(F)F)c1)n2Cc1ccc(C)nc1. The van der Waals surface area contributed by atoms with Crippen molar-refractivity contribution in [3.63, 3.8) is 0 Å². The number of fused-ring (bicyclic) bond motifs is 1. The van der Waals surface area contributed by atoms with Crippen LogP contribution >= 0.6 is 0 Å². The predicted molar refractivity (Wildman–Crippen MR) is 111 cm³/mol. The standard InChI is InChI=1S/C22H23F3N4O3/c1-3-9-28-14-30-13-19-20(28)27-21(29(19)12-16-8-7-15(2)26-11-16)31-17-5-4-6-18(10-17)32-22(23,24)25/h4-8,10-11H,3,9,12-14H2,1-2H3. The van der Waals surface area contributed by atoms with Crippen molar-refractivity contribution in [2.75, 3.05) is 18.2 Å². The molecule has 0 spiro atoms. The monoisotopic (exact) mass is 448 g/mol. The summed E-state index contributed by atoms with van der Waals surface area (Å²) >= 11 is 0. The molecule has 0 aliphatic carbocycles. The fourth-order valence-electron chi connectivity index (χ4n) is 3.46. The van der Waals surface area contributed by atoms with Crippen molar-refractivity contribution in [2.24, 2.45) is 0 Å². The number of alkyl halides is 3. The lowest BCUT2D eigenvalue weighted by Gasteiger charge is -2.27. The lowest BCUT2D eigenvalue weighted by atomic mass is 10.2. The topological polar surface area (TPSA) is 61.6 Å². The molecule has 1 aromatic carbocycles. The van der Waals surface area contributed by atoms with Gasteiger partial charge in [0, 0.05) is 24.5 Å². The van der Waals surface area contributed by atoms with Crippen LogP contribution in [-0.4, -0.2) is 34.2 Å². The maximum absolute atomic E-state index is 12.6. The fourth-order valence-corrected chi connectivity index (χ4v) is 3.46. The summed E-state index contributed by atoms with van der Waals surface area (Å²) in [5, 5.41) is 0. The van der Waals surface area contributed by atoms with Crippen molar-refractivity contribution < 1.29 is 27.4 Å². The van der Waals surface area contributed by atoms with Crippen LogP contribution < -0.4 is 14.4 Å². The molecule has 0 N–H and O–H groups in total. The van der Waals surface area contributed by atoms with Gasteiger partial charge in [-0.15, -0.1) is 13.2 Å². The molecule has 1 aliphatic heterocycles. The number of benzene rings is 1. The number of hydrogen-bond donors (Lipinski definition) is 0. The normalized spacial score (nSPS) is 13.7. The van der Waals surface area contributed by atoms with Crippen molar-refractivity contribution >= 4 is 5.82 Å². The molecule has 0 fully saturated rings. The second-order valence-corrected chi connectivity index (χ2v) is 7.42. The van der Waals surface area contributed by atoms with Crippen molar-refractivity contribution in [1.29, 1.82) is 0 Å². The Morgan fingerprint density at radius 3 is 2.69 bits per heavy atom. The van der Waals surface area contributed by atoms with Crippen molar-refractivity contribution in [3.8, 4) is 17.5 Å². The number of ether oxygens (including phenoxy) is 3. The Kier molecular flexibility index (Phi) is 6.22. The average Bonchev–Trinajstić information content (AvgIpc) is 3.07. The van der Waals surface area contributed by atoms with E-state index in [4.69, 9.17) is 9.47 Å². The number of hydrogen-bond acceptors (Lipinski definition) is 6. The maximum atomic E-state index is 12.6. The molecule has 0 atom stereocenters. The molecule has 4 rings (SSSR count). The third-order valence-corrected chi connectivity index (χ3v) is 4.86. The number of anilines is 1. The van der Waals surface area contributed by atoms with Crippen LogP contribution in [0.25, 0.3) is 0 Å². The molecule has 7 nitrogen and oxygen atoms in total. The van der Waals surface area contributed by atoms with E-state index in [0.29, 0.717) is 19.9 Å². The Labute approximate surface area is 183 Å². The highest BCUT2D eigenvalue weighted by Gasteiger charge is 2.31. The smallest absolute Gasteiger partial charge is 0.425 e. The van der Waals surface area contributed by atoms with E-state index in [9.17, 15) is 13.2 Å². The number of aryl methyl sites for hydroxylation is 1. The Balaban J connectivity index is 1.69. The second kappa shape index (κ2) is 9.07. The van der Waals surface area contributed by atoms with Gasteiger partial charge in [0.1, 0.15) is 18.2 Å². The van der Waals surface area contributed by atoms with Crippen LogP contribution in [0.1, 0.15) is 30.3 Å². The first-order chi connectivity index (χ1) is 15.3. The zero-order valence-electron chi connectivity index (χ0n) is 17.7. The van der Waals surface area contributed by atoms with Crippen LogP contribution in [0.15, 0.2) is 42.6 Å². The Morgan fingerprint density at radius 1 is 1.16 bits per heavy atom. The van der Waals surface area contributed by atoms with Crippen LogP contribution in [0.3, 0.4) is 0 Å². The van der Waals surface area contributed by atoms with Gasteiger partial charge < -0.3 is 19.1 Å². The van der Waals surface area contributed by atoms with E-state index in [0.717, 1.165) is 35.7 Å². The minimum Gasteiger partial charge on any atom is -0.425 e. The Hall–Kier alpha value is -3.27. The summed E-state index contributed by atoms with van der Waals surface area (Å²) in [6, 6.07) is 9.51. The van der Waals surface area contributed by atoms with E-state index in [-0.39, 0.29) is 17.5 Å². The average molecular weight is 448 g/mol. The molecular formula is C22H23F3N4O3. The Bertz CT molecular complexity index is 1070. The van der Waals surface area contributed by atoms with Crippen molar-refractivity contribution in [3.05, 3.63) is 59.5 Å². The number of halogens is 3. The van der Waals surface area contributed by atoms with Crippen LogP contribution in [0.4, 0.5) is 19.0 Å². The zero-order valence-corrected chi connectivity index (χ0v) is 17.7. The van der Waals surface area contributed by atoms with Crippen LogP contribution in [0, 0.1) is 6.92 Å². The first-order valence-corrected chi connectivity index (χ1v) is 10.2. The quantitative estimate of drug-likeness (QED) is 0.505. The fraction of sp³-hybridized carbons (Fsp3) is 0.364. The van der Waals surface area contributed by atoms with Gasteiger partial charge in [0.2, 0.25) is 0 Å². The second-order valence-electron chi connectivity index (χ2n) is 7.42. The maximum Gasteiger partial charge on any atom is 0.573 e. The third-order valence-electron chi connectivity index (χ3n) is 4.86. The molecule has 0 bridgehead atoms. The molecule has 170 valence electrons. The molecule has 0 radical (unpaired) electrons. The summed E-state index contributed by atoms with van der Waals surface area (Å²) in [6.07, 6.45) is -2.10. The predicted octanol–water partition coefficient (Wildman–Crippen LogP) is 5.03. The first kappa shape index (κ1) is 21.9. The third kappa shape index (κ3) is 5.13. The van der Waals surface area contributed by atoms with E-state index in [1.54, 1.807) is 12.3 Å². The largest absolute Gasteiger partial charge is 0.573 e. The molecule has 10 heteroatoms. The summed E-state index contributed by atoms with van der Waals surface area (Å²) in [6.45, 7) is 5.91. The molecule has 0 saturated heterocycles. The number of pyridine rings is 1. The lowest BCUT2D eigenvalue weighted by molar-refractivity contribution is -0.274. The number of aromatic nitrogens is 3. The van der Waals surface area contributed by atoms with E-state index in [2.05, 4.69) is 21.6 Å². The summed E-state index contributed by atoms with van der Waals surface area (Å²) in [4.78, 5) is 11.0. The van der Waals surface area contributed by atoms with Gasteiger partial charge >= 0.3 is 12.4 Å². The van der Waals surface area contributed by atoms with Gasteiger partial charge in [0.25, 0.3) is 0 Å². The lowest BCUT2D eigenvalue weighted by Crippen LogP contribution is -2.32. The minimum absolute atomic E-state index is 0.181. The van der Waals surface area contributed by atoms with Crippen LogP contribution in [0.5, 0.6) is 17.5 Å². The highest BCUT2D eigenvalue weighted by Crippen LogP contribution is 2.34. The number of nitrogens with zero attached hydrogens (tertiary/aromatic N) is 4. The van der Waals surface area contributed by atoms with Gasteiger partial charge in [-0.3, -0.25) is 9.55 Å². The van der Waals surface area contributed by atoms with Gasteiger partial charge in [0.05, 0.1) is 18.8 Å². The Morgan fingerprint density at radius 2 is 1.97 bits per heavy atom. The summed E-state index contributed by atoms with van der Waals surface area (Å²) in [5.74, 6) is 0.563. The first-order valence-electron chi connectivity index (χ1n) is 10.2. The number of rotatable bonds is 7. The molecule has 0 amide bonds. The molecule has 3 heterocycles. The van der Waals surface area contributed by atoms with Gasteiger partial charge in [-0.25, -0.2) is 0 Å². The molecule has 0 unspecified atom stereocenters. The summed E-state index contributed by atoms with van der Waals surface area (Å²) in [5.41, 5.74) is 2.67. The number of imidazole rings is 1. The minimum atomic E-state index is -4.79. The molecule has 3 aromatic rings. The van der Waals surface area contributed by atoms with E-state index >= 15 is 0 Å². The van der Waals surface area contributed by atoms with E-state index in [1.807, 2.05) is 28.5 Å². The molecule has 2 aromatic heterocycles. The molecule has 32 heavy (non-hydrogen) atoms. The van der Waals surface area contributed by atoms with Crippen molar-refractivity contribution in [2.45, 2.75) is 39.8 Å². The van der Waals surface area contributed by atoms with Crippen LogP contribution in [-0.2, 0) is 17.9 Å². The highest BCUT2D eigenvalue weighted by atomic mass is 19.4. The van der Waals surface area contributed by atoms with Gasteiger partial charge in [0.15, 0.2) is 5.82 Å². The van der Waals surface area contributed by atoms with Gasteiger partial charge in [-0.2, -0.15) is 4.98 Å². The molecular weight excluding hydrogens is 425 g/mol. The summed E-state index contributed by atoms with van der Waals surface area (Å²) < 4.78 is 55.4. The van der Waals surface area contributed by atoms with Gasteiger partial charge in [-0.05, 0) is 37.1 Å².